The van der Waals surface area contributed by atoms with Crippen LogP contribution in [0.1, 0.15) is 6.42 Å². The van der Waals surface area contributed by atoms with Crippen LogP contribution >= 0.6 is 23.2 Å². The lowest BCUT2D eigenvalue weighted by Crippen LogP contribution is -2.32. The van der Waals surface area contributed by atoms with E-state index in [0.29, 0.717) is 15.7 Å². The quantitative estimate of drug-likeness (QED) is 0.840. The second-order valence-electron chi connectivity index (χ2n) is 4.73. The summed E-state index contributed by atoms with van der Waals surface area (Å²) in [6, 6.07) is 3.54. The number of nitrogens with two attached hydrogens (primary N) is 1. The molecule has 1 saturated heterocycles. The maximum Gasteiger partial charge on any atom is 0.0616 e. The summed E-state index contributed by atoms with van der Waals surface area (Å²) in [5.41, 5.74) is 7.63. The Morgan fingerprint density at radius 2 is 1.84 bits per heavy atom. The van der Waals surface area contributed by atoms with E-state index in [1.807, 2.05) is 6.07 Å². The zero-order chi connectivity index (χ0) is 13.8. The second-order valence-corrected chi connectivity index (χ2v) is 5.55. The molecule has 0 bridgehead atoms. The van der Waals surface area contributed by atoms with Crippen LogP contribution in [0.25, 0.3) is 0 Å². The minimum Gasteiger partial charge on any atom is -0.397 e. The fourth-order valence-electron chi connectivity index (χ4n) is 2.40. The van der Waals surface area contributed by atoms with Crippen molar-refractivity contribution in [3.8, 4) is 0 Å². The summed E-state index contributed by atoms with van der Waals surface area (Å²) in [4.78, 5) is 4.49. The molecule has 106 valence electrons. The van der Waals surface area contributed by atoms with Crippen LogP contribution in [-0.4, -0.2) is 49.3 Å². The molecule has 3 N–H and O–H groups in total. The Bertz CT molecular complexity index is 442. The normalized spacial score (nSPS) is 17.5. The Hall–Kier alpha value is -0.680. The molecule has 6 heteroatoms. The number of nitrogen functional groups attached to an aromatic ring is 1. The van der Waals surface area contributed by atoms with Gasteiger partial charge >= 0.3 is 0 Å². The number of aliphatic hydroxyl groups is 1. The molecular weight excluding hydrogens is 285 g/mol. The van der Waals surface area contributed by atoms with Crippen molar-refractivity contribution in [2.45, 2.75) is 6.42 Å². The summed E-state index contributed by atoms with van der Waals surface area (Å²) in [6.07, 6.45) is 1.04. The van der Waals surface area contributed by atoms with Crippen LogP contribution in [0.5, 0.6) is 0 Å². The van der Waals surface area contributed by atoms with E-state index in [4.69, 9.17) is 34.0 Å². The SMILES string of the molecule is Nc1cc(Cl)c(Cl)cc1N1CCCN(CCO)CC1. The van der Waals surface area contributed by atoms with Crippen molar-refractivity contribution in [1.29, 1.82) is 0 Å². The number of β-amino-alcohol motifs (C(OH)–C–C–N with tert-alkyl or cyclic N) is 1. The first-order chi connectivity index (χ1) is 9.11. The summed E-state index contributed by atoms with van der Waals surface area (Å²) in [7, 11) is 0. The van der Waals surface area contributed by atoms with E-state index < -0.39 is 0 Å². The van der Waals surface area contributed by atoms with Crippen molar-refractivity contribution in [2.75, 3.05) is 50.0 Å². The van der Waals surface area contributed by atoms with E-state index in [9.17, 15) is 0 Å². The molecule has 0 radical (unpaired) electrons. The number of nitrogens with zero attached hydrogens (tertiary/aromatic N) is 2. The maximum atomic E-state index is 9.00. The van der Waals surface area contributed by atoms with Crippen molar-refractivity contribution >= 4 is 34.6 Å². The molecule has 0 amide bonds. The third-order valence-electron chi connectivity index (χ3n) is 3.42. The molecule has 1 fully saturated rings. The third-order valence-corrected chi connectivity index (χ3v) is 4.14. The molecule has 19 heavy (non-hydrogen) atoms. The monoisotopic (exact) mass is 303 g/mol. The Balaban J connectivity index is 2.12. The molecule has 0 saturated carbocycles. The van der Waals surface area contributed by atoms with Gasteiger partial charge in [0.05, 0.1) is 28.0 Å². The summed E-state index contributed by atoms with van der Waals surface area (Å²) in [6.45, 7) is 4.66. The lowest BCUT2D eigenvalue weighted by atomic mass is 10.2. The van der Waals surface area contributed by atoms with E-state index in [-0.39, 0.29) is 6.61 Å². The van der Waals surface area contributed by atoms with Crippen molar-refractivity contribution in [2.24, 2.45) is 0 Å². The van der Waals surface area contributed by atoms with E-state index in [1.165, 1.54) is 0 Å². The number of rotatable bonds is 3. The molecule has 0 aromatic heterocycles. The highest BCUT2D eigenvalue weighted by Crippen LogP contribution is 2.33. The Morgan fingerprint density at radius 3 is 2.58 bits per heavy atom. The zero-order valence-corrected chi connectivity index (χ0v) is 12.3. The van der Waals surface area contributed by atoms with Crippen LogP contribution in [0.2, 0.25) is 10.0 Å². The largest absolute Gasteiger partial charge is 0.397 e. The zero-order valence-electron chi connectivity index (χ0n) is 10.8. The first kappa shape index (κ1) is 14.7. The van der Waals surface area contributed by atoms with Gasteiger partial charge in [-0.2, -0.15) is 0 Å². The van der Waals surface area contributed by atoms with Gasteiger partial charge in [-0.15, -0.1) is 0 Å². The average Bonchev–Trinajstić information content (AvgIpc) is 2.60. The van der Waals surface area contributed by atoms with Gasteiger partial charge in [-0.1, -0.05) is 23.2 Å². The van der Waals surface area contributed by atoms with Crippen LogP contribution in [0, 0.1) is 0 Å². The second kappa shape index (κ2) is 6.66. The average molecular weight is 304 g/mol. The smallest absolute Gasteiger partial charge is 0.0616 e. The van der Waals surface area contributed by atoms with Crippen LogP contribution in [0.4, 0.5) is 11.4 Å². The number of hydrogen-bond donors (Lipinski definition) is 2. The number of hydrogen-bond acceptors (Lipinski definition) is 4. The van der Waals surface area contributed by atoms with Crippen LogP contribution in [-0.2, 0) is 0 Å². The van der Waals surface area contributed by atoms with Crippen molar-refractivity contribution in [1.82, 2.24) is 4.90 Å². The van der Waals surface area contributed by atoms with Gasteiger partial charge in [0.2, 0.25) is 0 Å². The van der Waals surface area contributed by atoms with Gasteiger partial charge in [-0.05, 0) is 25.1 Å². The number of aliphatic hydroxyl groups excluding tert-OH is 1. The molecule has 1 aliphatic heterocycles. The summed E-state index contributed by atoms with van der Waals surface area (Å²) in [5, 5.41) is 10.0. The standard InChI is InChI=1S/C13H19Cl2N3O/c14-10-8-12(16)13(9-11(10)15)18-3-1-2-17(4-5-18)6-7-19/h8-9,19H,1-7,16H2. The molecule has 0 spiro atoms. The van der Waals surface area contributed by atoms with Crippen molar-refractivity contribution in [3.63, 3.8) is 0 Å². The Labute approximate surface area is 123 Å². The summed E-state index contributed by atoms with van der Waals surface area (Å²) < 4.78 is 0. The number of anilines is 2. The maximum absolute atomic E-state index is 9.00. The van der Waals surface area contributed by atoms with Gasteiger partial charge in [0.1, 0.15) is 0 Å². The highest BCUT2D eigenvalue weighted by molar-refractivity contribution is 6.42. The molecule has 0 atom stereocenters. The van der Waals surface area contributed by atoms with E-state index in [0.717, 1.165) is 44.8 Å². The molecule has 1 aromatic rings. The van der Waals surface area contributed by atoms with Gasteiger partial charge in [-0.3, -0.25) is 4.90 Å². The van der Waals surface area contributed by atoms with E-state index in [1.54, 1.807) is 6.07 Å². The topological polar surface area (TPSA) is 52.7 Å². The first-order valence-corrected chi connectivity index (χ1v) is 7.20. The third kappa shape index (κ3) is 3.66. The number of halogens is 2. The predicted molar refractivity (Wildman–Crippen MR) is 81.2 cm³/mol. The lowest BCUT2D eigenvalue weighted by Gasteiger charge is -2.25. The Kier molecular flexibility index (Phi) is 5.16. The number of benzene rings is 1. The van der Waals surface area contributed by atoms with Crippen LogP contribution in [0.3, 0.4) is 0 Å². The molecule has 2 rings (SSSR count). The fourth-order valence-corrected chi connectivity index (χ4v) is 2.73. The minimum atomic E-state index is 0.203. The van der Waals surface area contributed by atoms with Crippen LogP contribution < -0.4 is 10.6 Å². The summed E-state index contributed by atoms with van der Waals surface area (Å²) >= 11 is 12.0. The van der Waals surface area contributed by atoms with Gasteiger partial charge in [0.15, 0.2) is 0 Å². The molecule has 4 nitrogen and oxygen atoms in total. The molecule has 1 heterocycles. The predicted octanol–water partition coefficient (Wildman–Crippen LogP) is 2.08. The molecule has 1 aromatic carbocycles. The van der Waals surface area contributed by atoms with E-state index >= 15 is 0 Å². The lowest BCUT2D eigenvalue weighted by molar-refractivity contribution is 0.204. The summed E-state index contributed by atoms with van der Waals surface area (Å²) in [5.74, 6) is 0. The van der Waals surface area contributed by atoms with Crippen molar-refractivity contribution in [3.05, 3.63) is 22.2 Å². The van der Waals surface area contributed by atoms with Gasteiger partial charge in [0.25, 0.3) is 0 Å². The van der Waals surface area contributed by atoms with Crippen LogP contribution in [0.15, 0.2) is 12.1 Å². The Morgan fingerprint density at radius 1 is 1.11 bits per heavy atom. The molecule has 0 unspecified atom stereocenters. The minimum absolute atomic E-state index is 0.203. The van der Waals surface area contributed by atoms with Gasteiger partial charge in [-0.25, -0.2) is 0 Å². The van der Waals surface area contributed by atoms with E-state index in [2.05, 4.69) is 9.80 Å². The fraction of sp³-hybridized carbons (Fsp3) is 0.538. The highest BCUT2D eigenvalue weighted by atomic mass is 35.5. The first-order valence-electron chi connectivity index (χ1n) is 6.44. The van der Waals surface area contributed by atoms with Gasteiger partial charge < -0.3 is 15.7 Å². The van der Waals surface area contributed by atoms with Crippen molar-refractivity contribution < 1.29 is 5.11 Å². The molecule has 0 aliphatic carbocycles. The highest BCUT2D eigenvalue weighted by Gasteiger charge is 2.17. The molecular formula is C13H19Cl2N3O. The molecule has 1 aliphatic rings. The van der Waals surface area contributed by atoms with Gasteiger partial charge in [0, 0.05) is 26.2 Å².